The zero-order valence-corrected chi connectivity index (χ0v) is 9.99. The van der Waals surface area contributed by atoms with Gasteiger partial charge in [-0.05, 0) is 37.2 Å². The van der Waals surface area contributed by atoms with Crippen molar-refractivity contribution in [1.82, 2.24) is 0 Å². The second-order valence-electron chi connectivity index (χ2n) is 5.07. The minimum Gasteiger partial charge on any atom is -0.299 e. The van der Waals surface area contributed by atoms with Crippen LogP contribution in [0.5, 0.6) is 0 Å². The van der Waals surface area contributed by atoms with Gasteiger partial charge in [-0.15, -0.1) is 0 Å². The Morgan fingerprint density at radius 3 is 2.75 bits per heavy atom. The third-order valence-corrected chi connectivity index (χ3v) is 3.65. The van der Waals surface area contributed by atoms with Gasteiger partial charge >= 0.3 is 0 Å². The van der Waals surface area contributed by atoms with E-state index in [9.17, 15) is 4.79 Å². The minimum absolute atomic E-state index is 0.323. The Bertz CT molecular complexity index is 342. The molecule has 0 saturated heterocycles. The number of carbonyl (C=O) groups is 1. The lowest BCUT2D eigenvalue weighted by atomic mass is 9.79. The summed E-state index contributed by atoms with van der Waals surface area (Å²) in [5.41, 5.74) is 1.36. The summed E-state index contributed by atoms with van der Waals surface area (Å²) < 4.78 is 0. The average Bonchev–Trinajstić information content (AvgIpc) is 2.32. The molecule has 1 aliphatic carbocycles. The minimum atomic E-state index is 0.323. The summed E-state index contributed by atoms with van der Waals surface area (Å²) in [6.07, 6.45) is 5.09. The van der Waals surface area contributed by atoms with Gasteiger partial charge in [-0.25, -0.2) is 0 Å². The molecule has 1 aromatic rings. The third-order valence-electron chi connectivity index (χ3n) is 3.65. The Morgan fingerprint density at radius 2 is 2.00 bits per heavy atom. The monoisotopic (exact) mass is 216 g/mol. The van der Waals surface area contributed by atoms with Crippen molar-refractivity contribution < 1.29 is 4.79 Å². The van der Waals surface area contributed by atoms with Crippen LogP contribution in [0.4, 0.5) is 0 Å². The van der Waals surface area contributed by atoms with Crippen LogP contribution >= 0.6 is 0 Å². The number of rotatable bonds is 3. The Balaban J connectivity index is 1.87. The molecule has 2 rings (SSSR count). The van der Waals surface area contributed by atoms with Crippen LogP contribution in [0.3, 0.4) is 0 Å². The van der Waals surface area contributed by atoms with Gasteiger partial charge in [0.25, 0.3) is 0 Å². The molecule has 1 nitrogen and oxygen atoms in total. The van der Waals surface area contributed by atoms with Gasteiger partial charge in [0.05, 0.1) is 0 Å². The SMILES string of the molecule is CC1CCC(=O)C(CCc2ccccc2)C1. The van der Waals surface area contributed by atoms with E-state index in [0.29, 0.717) is 11.7 Å². The van der Waals surface area contributed by atoms with Crippen LogP contribution in [0.1, 0.15) is 38.2 Å². The van der Waals surface area contributed by atoms with E-state index < -0.39 is 0 Å². The predicted octanol–water partition coefficient (Wildman–Crippen LogP) is 3.62. The molecule has 2 unspecified atom stereocenters. The number of benzene rings is 1. The maximum Gasteiger partial charge on any atom is 0.136 e. The summed E-state index contributed by atoms with van der Waals surface area (Å²) in [6.45, 7) is 2.27. The quantitative estimate of drug-likeness (QED) is 0.754. The molecule has 1 saturated carbocycles. The molecular weight excluding hydrogens is 196 g/mol. The summed E-state index contributed by atoms with van der Waals surface area (Å²) in [5, 5.41) is 0. The molecule has 1 heteroatoms. The van der Waals surface area contributed by atoms with E-state index in [2.05, 4.69) is 31.2 Å². The number of hydrogen-bond donors (Lipinski definition) is 0. The fourth-order valence-corrected chi connectivity index (χ4v) is 2.59. The van der Waals surface area contributed by atoms with Crippen LogP contribution in [0.15, 0.2) is 30.3 Å². The van der Waals surface area contributed by atoms with Crippen molar-refractivity contribution in [3.63, 3.8) is 0 Å². The molecule has 0 heterocycles. The van der Waals surface area contributed by atoms with Crippen LogP contribution in [-0.4, -0.2) is 5.78 Å². The topological polar surface area (TPSA) is 17.1 Å². The lowest BCUT2D eigenvalue weighted by Crippen LogP contribution is -2.24. The molecule has 1 fully saturated rings. The van der Waals surface area contributed by atoms with Gasteiger partial charge in [-0.3, -0.25) is 4.79 Å². The van der Waals surface area contributed by atoms with Gasteiger partial charge in [0.15, 0.2) is 0 Å². The highest BCUT2D eigenvalue weighted by Gasteiger charge is 2.25. The maximum absolute atomic E-state index is 11.8. The lowest BCUT2D eigenvalue weighted by molar-refractivity contribution is -0.125. The second kappa shape index (κ2) is 5.29. The summed E-state index contributed by atoms with van der Waals surface area (Å²) >= 11 is 0. The van der Waals surface area contributed by atoms with E-state index in [0.717, 1.165) is 38.0 Å². The summed E-state index contributed by atoms with van der Waals surface area (Å²) in [5.74, 6) is 1.55. The van der Waals surface area contributed by atoms with Crippen LogP contribution in [0.25, 0.3) is 0 Å². The largest absolute Gasteiger partial charge is 0.299 e. The highest BCUT2D eigenvalue weighted by molar-refractivity contribution is 5.81. The number of ketones is 1. The second-order valence-corrected chi connectivity index (χ2v) is 5.07. The average molecular weight is 216 g/mol. The molecule has 0 spiro atoms. The van der Waals surface area contributed by atoms with E-state index in [4.69, 9.17) is 0 Å². The maximum atomic E-state index is 11.8. The molecule has 1 aromatic carbocycles. The molecule has 0 aliphatic heterocycles. The number of aryl methyl sites for hydroxylation is 1. The van der Waals surface area contributed by atoms with Gasteiger partial charge in [0.1, 0.15) is 5.78 Å². The van der Waals surface area contributed by atoms with Crippen molar-refractivity contribution in [3.8, 4) is 0 Å². The highest BCUT2D eigenvalue weighted by atomic mass is 16.1. The van der Waals surface area contributed by atoms with Gasteiger partial charge in [0, 0.05) is 12.3 Å². The summed E-state index contributed by atoms with van der Waals surface area (Å²) in [6, 6.07) is 10.5. The summed E-state index contributed by atoms with van der Waals surface area (Å²) in [7, 11) is 0. The number of hydrogen-bond acceptors (Lipinski definition) is 1. The van der Waals surface area contributed by atoms with Crippen molar-refractivity contribution in [2.24, 2.45) is 11.8 Å². The molecule has 0 N–H and O–H groups in total. The smallest absolute Gasteiger partial charge is 0.136 e. The Morgan fingerprint density at radius 1 is 1.25 bits per heavy atom. The van der Waals surface area contributed by atoms with Crippen molar-refractivity contribution in [1.29, 1.82) is 0 Å². The molecular formula is C15H20O. The van der Waals surface area contributed by atoms with E-state index >= 15 is 0 Å². The molecule has 1 aliphatic rings. The zero-order chi connectivity index (χ0) is 11.4. The number of Topliss-reactive ketones (excluding diaryl/α,β-unsaturated/α-hetero) is 1. The lowest BCUT2D eigenvalue weighted by Gasteiger charge is -2.25. The molecule has 0 bridgehead atoms. The Hall–Kier alpha value is -1.11. The normalized spacial score (nSPS) is 25.7. The fraction of sp³-hybridized carbons (Fsp3) is 0.533. The van der Waals surface area contributed by atoms with E-state index in [-0.39, 0.29) is 0 Å². The first kappa shape index (κ1) is 11.4. The third kappa shape index (κ3) is 2.94. The molecule has 86 valence electrons. The first-order valence-electron chi connectivity index (χ1n) is 6.32. The van der Waals surface area contributed by atoms with Crippen molar-refractivity contribution >= 4 is 5.78 Å². The van der Waals surface area contributed by atoms with Crippen LogP contribution < -0.4 is 0 Å². The van der Waals surface area contributed by atoms with E-state index in [1.165, 1.54) is 5.56 Å². The Labute approximate surface area is 97.9 Å². The fourth-order valence-electron chi connectivity index (χ4n) is 2.59. The van der Waals surface area contributed by atoms with Crippen LogP contribution in [0, 0.1) is 11.8 Å². The van der Waals surface area contributed by atoms with E-state index in [1.54, 1.807) is 0 Å². The molecule has 16 heavy (non-hydrogen) atoms. The van der Waals surface area contributed by atoms with Gasteiger partial charge < -0.3 is 0 Å². The Kier molecular flexibility index (Phi) is 3.76. The molecule has 2 atom stereocenters. The van der Waals surface area contributed by atoms with Crippen molar-refractivity contribution in [2.75, 3.05) is 0 Å². The molecule has 0 radical (unpaired) electrons. The van der Waals surface area contributed by atoms with Gasteiger partial charge in [0.2, 0.25) is 0 Å². The first-order chi connectivity index (χ1) is 7.75. The standard InChI is InChI=1S/C15H20O/c1-12-7-10-15(16)14(11-12)9-8-13-5-3-2-4-6-13/h2-6,12,14H,7-11H2,1H3. The molecule has 0 amide bonds. The van der Waals surface area contributed by atoms with Crippen molar-refractivity contribution in [2.45, 2.75) is 39.0 Å². The first-order valence-corrected chi connectivity index (χ1v) is 6.32. The van der Waals surface area contributed by atoms with Crippen molar-refractivity contribution in [3.05, 3.63) is 35.9 Å². The van der Waals surface area contributed by atoms with Crippen LogP contribution in [-0.2, 0) is 11.2 Å². The van der Waals surface area contributed by atoms with Crippen LogP contribution in [0.2, 0.25) is 0 Å². The summed E-state index contributed by atoms with van der Waals surface area (Å²) in [4.78, 5) is 11.8. The zero-order valence-electron chi connectivity index (χ0n) is 9.99. The van der Waals surface area contributed by atoms with E-state index in [1.807, 2.05) is 6.07 Å². The van der Waals surface area contributed by atoms with Gasteiger partial charge in [-0.1, -0.05) is 37.3 Å². The highest BCUT2D eigenvalue weighted by Crippen LogP contribution is 2.29. The van der Waals surface area contributed by atoms with Gasteiger partial charge in [-0.2, -0.15) is 0 Å². The molecule has 0 aromatic heterocycles. The number of carbonyl (C=O) groups excluding carboxylic acids is 1. The predicted molar refractivity (Wildman–Crippen MR) is 66.3 cm³/mol.